The molecule has 0 spiro atoms. The molecule has 1 aromatic heterocycles. The van der Waals surface area contributed by atoms with Crippen molar-refractivity contribution in [2.75, 3.05) is 26.8 Å². The van der Waals surface area contributed by atoms with E-state index in [1.807, 2.05) is 54.6 Å². The molecule has 5 rings (SSSR count). The Hall–Kier alpha value is -4.15. The van der Waals surface area contributed by atoms with Gasteiger partial charge in [0.25, 0.3) is 0 Å². The minimum absolute atomic E-state index is 0.0393. The van der Waals surface area contributed by atoms with Crippen molar-refractivity contribution in [2.24, 2.45) is 0 Å². The van der Waals surface area contributed by atoms with Crippen LogP contribution in [0.3, 0.4) is 0 Å². The molecular weight excluding hydrogens is 454 g/mol. The number of nitrogens with zero attached hydrogens (tertiary/aromatic N) is 3. The van der Waals surface area contributed by atoms with Gasteiger partial charge in [-0.2, -0.15) is 0 Å². The third-order valence-corrected chi connectivity index (χ3v) is 6.90. The smallest absolute Gasteiger partial charge is 0.242 e. The number of carbonyl (C=O) groups is 2. The third-order valence-electron chi connectivity index (χ3n) is 6.90. The lowest BCUT2D eigenvalue weighted by molar-refractivity contribution is -0.166. The number of amides is 2. The SMILES string of the molecule is COc1cccc(C#Cc2ccc([C@@H]3[C@@H](CO)N4C(=O)CN(C(=O)Cc5cccnc5)C[C@H]34)cc2)c1. The average Bonchev–Trinajstić information content (AvgIpc) is 2.90. The standard InChI is InChI=1S/C29H27N3O4/c1-36-24-6-2-4-21(14-24)8-7-20-9-11-23(12-10-20)29-25-17-31(18-28(35)32(25)26(29)19-33)27(34)15-22-5-3-13-30-16-22/h2-6,9-14,16,25-26,29,33H,15,17-19H2,1H3/t25-,26-,29+/m1/s1. The first kappa shape index (κ1) is 23.6. The van der Waals surface area contributed by atoms with Crippen molar-refractivity contribution in [3.05, 3.63) is 95.3 Å². The average molecular weight is 482 g/mol. The fourth-order valence-electron chi connectivity index (χ4n) is 5.11. The van der Waals surface area contributed by atoms with Crippen molar-refractivity contribution in [3.8, 4) is 17.6 Å². The van der Waals surface area contributed by atoms with Crippen molar-refractivity contribution in [2.45, 2.75) is 24.4 Å². The molecular formula is C29H27N3O4. The fourth-order valence-corrected chi connectivity index (χ4v) is 5.11. The van der Waals surface area contributed by atoms with Gasteiger partial charge in [0.15, 0.2) is 0 Å². The topological polar surface area (TPSA) is 83.0 Å². The van der Waals surface area contributed by atoms with Crippen LogP contribution in [0.1, 0.15) is 28.2 Å². The van der Waals surface area contributed by atoms with E-state index >= 15 is 0 Å². The highest BCUT2D eigenvalue weighted by Crippen LogP contribution is 2.43. The van der Waals surface area contributed by atoms with Crippen molar-refractivity contribution in [1.29, 1.82) is 0 Å². The quantitative estimate of drug-likeness (QED) is 0.565. The molecule has 1 N–H and O–H groups in total. The summed E-state index contributed by atoms with van der Waals surface area (Å²) in [4.78, 5) is 33.2. The lowest BCUT2D eigenvalue weighted by atomic mass is 9.73. The molecule has 0 aliphatic carbocycles. The zero-order chi connectivity index (χ0) is 25.1. The summed E-state index contributed by atoms with van der Waals surface area (Å²) in [6, 6.07) is 18.7. The number of aromatic nitrogens is 1. The summed E-state index contributed by atoms with van der Waals surface area (Å²) in [5.74, 6) is 6.82. The molecule has 0 unspecified atom stereocenters. The van der Waals surface area contributed by atoms with Gasteiger partial charge in [0.1, 0.15) is 5.75 Å². The van der Waals surface area contributed by atoms with E-state index in [0.717, 1.165) is 28.0 Å². The Balaban J connectivity index is 1.30. The first-order valence-electron chi connectivity index (χ1n) is 11.9. The first-order valence-corrected chi connectivity index (χ1v) is 11.9. The number of benzene rings is 2. The number of rotatable bonds is 5. The van der Waals surface area contributed by atoms with Crippen molar-refractivity contribution in [3.63, 3.8) is 0 Å². The van der Waals surface area contributed by atoms with Crippen LogP contribution in [0.5, 0.6) is 5.75 Å². The predicted molar refractivity (Wildman–Crippen MR) is 134 cm³/mol. The van der Waals surface area contributed by atoms with Crippen LogP contribution in [0.25, 0.3) is 0 Å². The summed E-state index contributed by atoms with van der Waals surface area (Å²) in [5, 5.41) is 10.0. The molecule has 3 aromatic rings. The van der Waals surface area contributed by atoms with E-state index in [4.69, 9.17) is 4.74 Å². The maximum absolute atomic E-state index is 12.9. The number of piperazine rings is 1. The normalized spacial score (nSPS) is 20.6. The van der Waals surface area contributed by atoms with E-state index in [9.17, 15) is 14.7 Å². The second-order valence-electron chi connectivity index (χ2n) is 9.06. The van der Waals surface area contributed by atoms with Crippen LogP contribution in [-0.2, 0) is 16.0 Å². The van der Waals surface area contributed by atoms with E-state index in [2.05, 4.69) is 16.8 Å². The van der Waals surface area contributed by atoms with Gasteiger partial charge >= 0.3 is 0 Å². The number of carbonyl (C=O) groups excluding carboxylic acids is 2. The highest BCUT2D eigenvalue weighted by molar-refractivity contribution is 5.88. The van der Waals surface area contributed by atoms with Gasteiger partial charge in [-0.05, 0) is 47.5 Å². The molecule has 36 heavy (non-hydrogen) atoms. The zero-order valence-electron chi connectivity index (χ0n) is 20.0. The maximum Gasteiger partial charge on any atom is 0.242 e. The van der Waals surface area contributed by atoms with Crippen LogP contribution in [0.4, 0.5) is 0 Å². The molecule has 2 amide bonds. The van der Waals surface area contributed by atoms with Crippen molar-refractivity contribution in [1.82, 2.24) is 14.8 Å². The van der Waals surface area contributed by atoms with E-state index < -0.39 is 0 Å². The van der Waals surface area contributed by atoms with Gasteiger partial charge in [0.05, 0.1) is 38.8 Å². The Bertz CT molecular complexity index is 1310. The van der Waals surface area contributed by atoms with Gasteiger partial charge in [-0.3, -0.25) is 14.6 Å². The number of aliphatic hydroxyl groups is 1. The Morgan fingerprint density at radius 3 is 2.64 bits per heavy atom. The minimum Gasteiger partial charge on any atom is -0.497 e. The number of pyridine rings is 1. The summed E-state index contributed by atoms with van der Waals surface area (Å²) in [6.45, 7) is 0.370. The summed E-state index contributed by atoms with van der Waals surface area (Å²) in [6.07, 6.45) is 3.55. The molecule has 2 fully saturated rings. The molecule has 182 valence electrons. The molecule has 0 saturated carbocycles. The van der Waals surface area contributed by atoms with Crippen LogP contribution in [0, 0.1) is 11.8 Å². The second-order valence-corrected chi connectivity index (χ2v) is 9.06. The minimum atomic E-state index is -0.285. The van der Waals surface area contributed by atoms with Crippen LogP contribution in [0.2, 0.25) is 0 Å². The fraction of sp³-hybridized carbons (Fsp3) is 0.276. The van der Waals surface area contributed by atoms with Gasteiger partial charge in [0, 0.05) is 36.0 Å². The Morgan fingerprint density at radius 2 is 1.92 bits per heavy atom. The number of hydrogen-bond acceptors (Lipinski definition) is 5. The molecule has 3 heterocycles. The highest BCUT2D eigenvalue weighted by atomic mass is 16.5. The largest absolute Gasteiger partial charge is 0.497 e. The van der Waals surface area contributed by atoms with Crippen LogP contribution < -0.4 is 4.74 Å². The number of fused-ring (bicyclic) bond motifs is 1. The molecule has 7 heteroatoms. The van der Waals surface area contributed by atoms with E-state index in [-0.39, 0.29) is 49.4 Å². The van der Waals surface area contributed by atoms with Crippen LogP contribution in [0.15, 0.2) is 73.1 Å². The highest BCUT2D eigenvalue weighted by Gasteiger charge is 2.54. The van der Waals surface area contributed by atoms with E-state index in [1.165, 1.54) is 0 Å². The molecule has 2 saturated heterocycles. The summed E-state index contributed by atoms with van der Waals surface area (Å²) >= 11 is 0. The second kappa shape index (κ2) is 10.2. The molecule has 2 aromatic carbocycles. The predicted octanol–water partition coefficient (Wildman–Crippen LogP) is 2.23. The molecule has 0 radical (unpaired) electrons. The van der Waals surface area contributed by atoms with Gasteiger partial charge in [-0.15, -0.1) is 0 Å². The number of ether oxygens (including phenoxy) is 1. The zero-order valence-corrected chi connectivity index (χ0v) is 20.0. The van der Waals surface area contributed by atoms with Gasteiger partial charge in [-0.1, -0.05) is 36.1 Å². The Morgan fingerprint density at radius 1 is 1.11 bits per heavy atom. The monoisotopic (exact) mass is 481 g/mol. The first-order chi connectivity index (χ1) is 17.6. The molecule has 3 atom stereocenters. The van der Waals surface area contributed by atoms with E-state index in [0.29, 0.717) is 6.54 Å². The summed E-state index contributed by atoms with van der Waals surface area (Å²) in [7, 11) is 1.63. The lowest BCUT2D eigenvalue weighted by Crippen LogP contribution is -2.73. The number of aliphatic hydroxyl groups excluding tert-OH is 1. The molecule has 2 aliphatic heterocycles. The van der Waals surface area contributed by atoms with Gasteiger partial charge in [-0.25, -0.2) is 0 Å². The van der Waals surface area contributed by atoms with E-state index in [1.54, 1.807) is 35.4 Å². The van der Waals surface area contributed by atoms with Crippen LogP contribution in [-0.4, -0.2) is 70.6 Å². The maximum atomic E-state index is 12.9. The molecule has 0 bridgehead atoms. The Labute approximate surface area is 210 Å². The van der Waals surface area contributed by atoms with Crippen molar-refractivity contribution >= 4 is 11.8 Å². The molecule has 2 aliphatic rings. The molecule has 7 nitrogen and oxygen atoms in total. The van der Waals surface area contributed by atoms with Crippen molar-refractivity contribution < 1.29 is 19.4 Å². The van der Waals surface area contributed by atoms with Crippen LogP contribution >= 0.6 is 0 Å². The summed E-state index contributed by atoms with van der Waals surface area (Å²) < 4.78 is 5.25. The lowest BCUT2D eigenvalue weighted by Gasteiger charge is -2.58. The number of hydrogen-bond donors (Lipinski definition) is 1. The van der Waals surface area contributed by atoms with Gasteiger partial charge in [0.2, 0.25) is 11.8 Å². The summed E-state index contributed by atoms with van der Waals surface area (Å²) in [5.41, 5.74) is 3.58. The number of methoxy groups -OCH3 is 1. The third kappa shape index (κ3) is 4.68. The van der Waals surface area contributed by atoms with Gasteiger partial charge < -0.3 is 19.6 Å². The Kier molecular flexibility index (Phi) is 6.70.